The van der Waals surface area contributed by atoms with Crippen LogP contribution in [0.2, 0.25) is 0 Å². The summed E-state index contributed by atoms with van der Waals surface area (Å²) in [5.74, 6) is -0.605. The van der Waals surface area contributed by atoms with Crippen LogP contribution in [-0.2, 0) is 4.74 Å². The summed E-state index contributed by atoms with van der Waals surface area (Å²) in [6.07, 6.45) is 0. The molecule has 16 heavy (non-hydrogen) atoms. The number of nitrogens with two attached hydrogens (primary N) is 1. The van der Waals surface area contributed by atoms with Gasteiger partial charge < -0.3 is 15.6 Å². The second-order valence-electron chi connectivity index (χ2n) is 3.26. The zero-order valence-electron chi connectivity index (χ0n) is 8.60. The number of benzene rings is 1. The molecule has 0 radical (unpaired) electrons. The van der Waals surface area contributed by atoms with E-state index in [0.29, 0.717) is 16.6 Å². The maximum atomic E-state index is 11.3. The Bertz CT molecular complexity index is 566. The Kier molecular flexibility index (Phi) is 2.36. The van der Waals surface area contributed by atoms with Crippen LogP contribution in [0.3, 0.4) is 0 Å². The topological polar surface area (TPSA) is 85.4 Å². The smallest absolute Gasteiger partial charge is 0.356 e. The quantitative estimate of drug-likeness (QED) is 0.705. The molecule has 3 N–H and O–H groups in total. The van der Waals surface area contributed by atoms with Gasteiger partial charge in [-0.15, -0.1) is 0 Å². The highest BCUT2D eigenvalue weighted by atomic mass is 16.5. The lowest BCUT2D eigenvalue weighted by atomic mass is 10.1. The summed E-state index contributed by atoms with van der Waals surface area (Å²) in [5, 5.41) is 10.2. The first-order valence-electron chi connectivity index (χ1n) is 4.60. The van der Waals surface area contributed by atoms with E-state index in [2.05, 4.69) is 9.72 Å². The van der Waals surface area contributed by atoms with Gasteiger partial charge in [0.15, 0.2) is 5.69 Å². The molecule has 0 spiro atoms. The van der Waals surface area contributed by atoms with Crippen molar-refractivity contribution >= 4 is 22.6 Å². The molecule has 0 amide bonds. The molecule has 0 atom stereocenters. The number of fused-ring (bicyclic) bond motifs is 1. The Morgan fingerprint density at radius 3 is 2.94 bits per heavy atom. The SMILES string of the molecule is COC(=O)c1cc(N)c2cccc(O)c2n1. The average Bonchev–Trinajstić information content (AvgIpc) is 2.29. The molecule has 5 heteroatoms. The number of phenolic OH excluding ortho intramolecular Hbond substituents is 1. The fourth-order valence-corrected chi connectivity index (χ4v) is 1.47. The van der Waals surface area contributed by atoms with E-state index in [0.717, 1.165) is 0 Å². The second kappa shape index (κ2) is 3.69. The Hall–Kier alpha value is -2.30. The van der Waals surface area contributed by atoms with Gasteiger partial charge in [0, 0.05) is 11.1 Å². The van der Waals surface area contributed by atoms with Crippen molar-refractivity contribution in [3.8, 4) is 5.75 Å². The Balaban J connectivity index is 2.75. The molecular weight excluding hydrogens is 208 g/mol. The third kappa shape index (κ3) is 1.52. The Morgan fingerprint density at radius 1 is 1.50 bits per heavy atom. The molecule has 0 saturated carbocycles. The van der Waals surface area contributed by atoms with Crippen molar-refractivity contribution in [2.75, 3.05) is 12.8 Å². The lowest BCUT2D eigenvalue weighted by Gasteiger charge is -2.05. The number of phenols is 1. The maximum Gasteiger partial charge on any atom is 0.356 e. The van der Waals surface area contributed by atoms with E-state index in [4.69, 9.17) is 5.73 Å². The highest BCUT2D eigenvalue weighted by Crippen LogP contribution is 2.27. The summed E-state index contributed by atoms with van der Waals surface area (Å²) in [6, 6.07) is 6.29. The number of methoxy groups -OCH3 is 1. The molecular formula is C11H10N2O3. The number of nitrogen functional groups attached to an aromatic ring is 1. The van der Waals surface area contributed by atoms with Crippen LogP contribution in [0.25, 0.3) is 10.9 Å². The number of ether oxygens (including phenoxy) is 1. The van der Waals surface area contributed by atoms with Crippen molar-refractivity contribution in [3.05, 3.63) is 30.0 Å². The summed E-state index contributed by atoms with van der Waals surface area (Å²) in [6.45, 7) is 0. The van der Waals surface area contributed by atoms with E-state index in [1.54, 1.807) is 12.1 Å². The Labute approximate surface area is 91.5 Å². The highest BCUT2D eigenvalue weighted by molar-refractivity contribution is 5.98. The number of aromatic hydroxyl groups is 1. The molecule has 5 nitrogen and oxygen atoms in total. The molecule has 0 saturated heterocycles. The fourth-order valence-electron chi connectivity index (χ4n) is 1.47. The first-order valence-corrected chi connectivity index (χ1v) is 4.60. The van der Waals surface area contributed by atoms with Gasteiger partial charge in [-0.25, -0.2) is 9.78 Å². The van der Waals surface area contributed by atoms with Crippen LogP contribution >= 0.6 is 0 Å². The summed E-state index contributed by atoms with van der Waals surface area (Å²) >= 11 is 0. The number of nitrogens with zero attached hydrogens (tertiary/aromatic N) is 1. The lowest BCUT2D eigenvalue weighted by Crippen LogP contribution is -2.05. The largest absolute Gasteiger partial charge is 0.506 e. The van der Waals surface area contributed by atoms with Crippen molar-refractivity contribution in [2.24, 2.45) is 0 Å². The summed E-state index contributed by atoms with van der Waals surface area (Å²) in [4.78, 5) is 15.3. The van der Waals surface area contributed by atoms with Gasteiger partial charge in [-0.05, 0) is 12.1 Å². The molecule has 2 rings (SSSR count). The van der Waals surface area contributed by atoms with Crippen molar-refractivity contribution in [1.82, 2.24) is 4.98 Å². The minimum Gasteiger partial charge on any atom is -0.506 e. The number of anilines is 1. The molecule has 82 valence electrons. The summed E-state index contributed by atoms with van der Waals surface area (Å²) in [5.41, 5.74) is 6.51. The maximum absolute atomic E-state index is 11.3. The van der Waals surface area contributed by atoms with Crippen LogP contribution in [0.4, 0.5) is 5.69 Å². The number of aromatic nitrogens is 1. The number of carbonyl (C=O) groups excluding carboxylic acids is 1. The normalized spacial score (nSPS) is 10.3. The molecule has 0 unspecified atom stereocenters. The van der Waals surface area contributed by atoms with Gasteiger partial charge in [0.2, 0.25) is 0 Å². The van der Waals surface area contributed by atoms with Crippen LogP contribution in [0.1, 0.15) is 10.5 Å². The molecule has 0 aliphatic carbocycles. The molecule has 2 aromatic rings. The number of pyridine rings is 1. The number of para-hydroxylation sites is 1. The number of hydrogen-bond donors (Lipinski definition) is 2. The van der Waals surface area contributed by atoms with Crippen molar-refractivity contribution < 1.29 is 14.6 Å². The molecule has 1 heterocycles. The fraction of sp³-hybridized carbons (Fsp3) is 0.0909. The van der Waals surface area contributed by atoms with Gasteiger partial charge in [0.25, 0.3) is 0 Å². The third-order valence-corrected chi connectivity index (χ3v) is 2.24. The van der Waals surface area contributed by atoms with Crippen molar-refractivity contribution in [1.29, 1.82) is 0 Å². The van der Waals surface area contributed by atoms with Gasteiger partial charge >= 0.3 is 5.97 Å². The monoisotopic (exact) mass is 218 g/mol. The molecule has 0 aliphatic heterocycles. The number of carbonyl (C=O) groups is 1. The minimum atomic E-state index is -0.586. The van der Waals surface area contributed by atoms with Crippen molar-refractivity contribution in [3.63, 3.8) is 0 Å². The van der Waals surface area contributed by atoms with Gasteiger partial charge in [0.05, 0.1) is 7.11 Å². The third-order valence-electron chi connectivity index (χ3n) is 2.24. The second-order valence-corrected chi connectivity index (χ2v) is 3.26. The zero-order valence-corrected chi connectivity index (χ0v) is 8.60. The first-order chi connectivity index (χ1) is 7.63. The summed E-state index contributed by atoms with van der Waals surface area (Å²) < 4.78 is 4.54. The number of esters is 1. The van der Waals surface area contributed by atoms with Crippen LogP contribution < -0.4 is 5.73 Å². The minimum absolute atomic E-state index is 0.0186. The molecule has 0 aliphatic rings. The number of rotatable bonds is 1. The van der Waals surface area contributed by atoms with Gasteiger partial charge in [-0.3, -0.25) is 0 Å². The van der Waals surface area contributed by atoms with Crippen molar-refractivity contribution in [2.45, 2.75) is 0 Å². The molecule has 1 aromatic heterocycles. The highest BCUT2D eigenvalue weighted by Gasteiger charge is 2.12. The molecule has 1 aromatic carbocycles. The van der Waals surface area contributed by atoms with Crippen LogP contribution in [0.5, 0.6) is 5.75 Å². The van der Waals surface area contributed by atoms with E-state index in [-0.39, 0.29) is 11.4 Å². The lowest BCUT2D eigenvalue weighted by molar-refractivity contribution is 0.0594. The Morgan fingerprint density at radius 2 is 2.25 bits per heavy atom. The standard InChI is InChI=1S/C11H10N2O3/c1-16-11(15)8-5-7(12)6-3-2-4-9(14)10(6)13-8/h2-5,14H,1H3,(H2,12,13). The van der Waals surface area contributed by atoms with E-state index in [1.807, 2.05) is 0 Å². The van der Waals surface area contributed by atoms with Gasteiger partial charge in [0.1, 0.15) is 11.3 Å². The van der Waals surface area contributed by atoms with E-state index < -0.39 is 5.97 Å². The van der Waals surface area contributed by atoms with Gasteiger partial charge in [-0.2, -0.15) is 0 Å². The van der Waals surface area contributed by atoms with Crippen LogP contribution in [0.15, 0.2) is 24.3 Å². The molecule has 0 bridgehead atoms. The van der Waals surface area contributed by atoms with Crippen LogP contribution in [0, 0.1) is 0 Å². The first kappa shape index (κ1) is 10.2. The predicted molar refractivity (Wildman–Crippen MR) is 59.2 cm³/mol. The summed E-state index contributed by atoms with van der Waals surface area (Å²) in [7, 11) is 1.26. The zero-order chi connectivity index (χ0) is 11.7. The van der Waals surface area contributed by atoms with Gasteiger partial charge in [-0.1, -0.05) is 12.1 Å². The van der Waals surface area contributed by atoms with E-state index >= 15 is 0 Å². The van der Waals surface area contributed by atoms with E-state index in [1.165, 1.54) is 19.2 Å². The number of hydrogen-bond acceptors (Lipinski definition) is 5. The predicted octanol–water partition coefficient (Wildman–Crippen LogP) is 1.31. The van der Waals surface area contributed by atoms with E-state index in [9.17, 15) is 9.90 Å². The molecule has 0 fully saturated rings. The van der Waals surface area contributed by atoms with Crippen LogP contribution in [-0.4, -0.2) is 23.2 Å². The average molecular weight is 218 g/mol.